The summed E-state index contributed by atoms with van der Waals surface area (Å²) < 4.78 is 27.3. The SMILES string of the molecule is CN(C)C(=O)c1ccc(-c2ccc(N3CCN(C(=O)c4c(F)cccc4C(F)(I)I)CC3)cc2)cc1Cl. The molecule has 37 heavy (non-hydrogen) atoms. The number of carbonyl (C=O) groups excluding carboxylic acids is 2. The minimum atomic E-state index is -1.89. The number of nitrogens with zero attached hydrogens (tertiary/aromatic N) is 3. The molecule has 4 rings (SSSR count). The summed E-state index contributed by atoms with van der Waals surface area (Å²) in [4.78, 5) is 30.6. The van der Waals surface area contributed by atoms with E-state index in [0.29, 0.717) is 36.8 Å². The van der Waals surface area contributed by atoms with Gasteiger partial charge in [0.05, 0.1) is 16.1 Å². The topological polar surface area (TPSA) is 43.9 Å². The van der Waals surface area contributed by atoms with Gasteiger partial charge < -0.3 is 14.7 Å². The highest BCUT2D eigenvalue weighted by atomic mass is 127. The molecule has 2 amide bonds. The Balaban J connectivity index is 1.44. The van der Waals surface area contributed by atoms with Gasteiger partial charge in [-0.1, -0.05) is 41.9 Å². The van der Waals surface area contributed by atoms with E-state index >= 15 is 0 Å². The highest BCUT2D eigenvalue weighted by Crippen LogP contribution is 2.43. The summed E-state index contributed by atoms with van der Waals surface area (Å²) in [6.07, 6.45) is 0. The van der Waals surface area contributed by atoms with Crippen molar-refractivity contribution in [1.82, 2.24) is 9.80 Å². The van der Waals surface area contributed by atoms with Crippen LogP contribution in [0.3, 0.4) is 0 Å². The first kappa shape index (κ1) is 28.0. The second-order valence-corrected chi connectivity index (χ2v) is 14.3. The molecule has 10 heteroatoms. The number of hydrogen-bond donors (Lipinski definition) is 0. The van der Waals surface area contributed by atoms with Crippen LogP contribution in [0.5, 0.6) is 0 Å². The van der Waals surface area contributed by atoms with Gasteiger partial charge in [-0.3, -0.25) is 9.59 Å². The summed E-state index contributed by atoms with van der Waals surface area (Å²) in [6, 6.07) is 17.4. The number of halogens is 5. The van der Waals surface area contributed by atoms with Crippen molar-refractivity contribution < 1.29 is 18.4 Å². The largest absolute Gasteiger partial charge is 0.368 e. The smallest absolute Gasteiger partial charge is 0.257 e. The molecule has 1 aliphatic rings. The van der Waals surface area contributed by atoms with Crippen LogP contribution in [0.4, 0.5) is 14.5 Å². The number of hydrogen-bond acceptors (Lipinski definition) is 3. The van der Waals surface area contributed by atoms with Gasteiger partial charge >= 0.3 is 0 Å². The van der Waals surface area contributed by atoms with Gasteiger partial charge in [-0.2, -0.15) is 0 Å². The second kappa shape index (κ2) is 11.4. The lowest BCUT2D eigenvalue weighted by atomic mass is 10.0. The fraction of sp³-hybridized carbons (Fsp3) is 0.259. The molecule has 1 aliphatic heterocycles. The van der Waals surface area contributed by atoms with Crippen LogP contribution < -0.4 is 4.90 Å². The first-order valence-corrected chi connectivity index (χ1v) is 14.0. The zero-order chi connectivity index (χ0) is 26.9. The van der Waals surface area contributed by atoms with Gasteiger partial charge in [-0.05, 0) is 86.6 Å². The predicted octanol–water partition coefficient (Wildman–Crippen LogP) is 6.76. The molecule has 1 fully saturated rings. The van der Waals surface area contributed by atoms with Crippen molar-refractivity contribution in [3.8, 4) is 11.1 Å². The first-order valence-electron chi connectivity index (χ1n) is 11.5. The minimum absolute atomic E-state index is 0.0379. The minimum Gasteiger partial charge on any atom is -0.368 e. The summed E-state index contributed by atoms with van der Waals surface area (Å²) in [6.45, 7) is 1.93. The quantitative estimate of drug-likeness (QED) is 0.214. The van der Waals surface area contributed by atoms with Gasteiger partial charge in [0.15, 0.2) is 0 Å². The Hall–Kier alpha value is -1.99. The Bertz CT molecular complexity index is 1320. The van der Waals surface area contributed by atoms with Crippen LogP contribution in [0.1, 0.15) is 26.3 Å². The van der Waals surface area contributed by atoms with Crippen molar-refractivity contribution in [2.45, 2.75) is 1.68 Å². The maximum Gasteiger partial charge on any atom is 0.257 e. The van der Waals surface area contributed by atoms with Gasteiger partial charge in [-0.15, -0.1) is 0 Å². The van der Waals surface area contributed by atoms with Crippen LogP contribution in [-0.2, 0) is 1.68 Å². The van der Waals surface area contributed by atoms with E-state index < -0.39 is 13.4 Å². The van der Waals surface area contributed by atoms with E-state index in [1.165, 1.54) is 23.1 Å². The fourth-order valence-corrected chi connectivity index (χ4v) is 5.44. The van der Waals surface area contributed by atoms with Gasteiger partial charge in [0.1, 0.15) is 5.82 Å². The molecule has 0 bridgehead atoms. The zero-order valence-electron chi connectivity index (χ0n) is 20.1. The lowest BCUT2D eigenvalue weighted by molar-refractivity contribution is 0.0739. The van der Waals surface area contributed by atoms with Crippen LogP contribution in [0.25, 0.3) is 11.1 Å². The van der Waals surface area contributed by atoms with E-state index in [1.54, 1.807) is 76.3 Å². The van der Waals surface area contributed by atoms with Crippen molar-refractivity contribution in [2.75, 3.05) is 45.2 Å². The van der Waals surface area contributed by atoms with E-state index in [4.69, 9.17) is 11.6 Å². The third-order valence-corrected chi connectivity index (χ3v) is 7.75. The van der Waals surface area contributed by atoms with E-state index in [0.717, 1.165) is 16.8 Å². The molecule has 0 N–H and O–H groups in total. The van der Waals surface area contributed by atoms with Crippen LogP contribution in [-0.4, -0.2) is 61.9 Å². The maximum atomic E-state index is 14.6. The lowest BCUT2D eigenvalue weighted by Crippen LogP contribution is -2.49. The zero-order valence-corrected chi connectivity index (χ0v) is 25.2. The van der Waals surface area contributed by atoms with Crippen LogP contribution in [0, 0.1) is 5.82 Å². The number of amides is 2. The highest BCUT2D eigenvalue weighted by molar-refractivity contribution is 14.2. The molecule has 3 aromatic carbocycles. The summed E-state index contributed by atoms with van der Waals surface area (Å²) in [5.74, 6) is -1.36. The Morgan fingerprint density at radius 2 is 1.57 bits per heavy atom. The molecule has 0 radical (unpaired) electrons. The van der Waals surface area contributed by atoms with Crippen LogP contribution >= 0.6 is 56.8 Å². The molecule has 3 aromatic rings. The van der Waals surface area contributed by atoms with Crippen LogP contribution in [0.15, 0.2) is 60.7 Å². The molecular formula is C27H24ClF2I2N3O2. The summed E-state index contributed by atoms with van der Waals surface area (Å²) in [5, 5.41) is 0.397. The number of benzene rings is 3. The summed E-state index contributed by atoms with van der Waals surface area (Å²) >= 11 is 9.50. The molecule has 0 atom stereocenters. The standard InChI is InChI=1S/C27H24ClF2I2N3O2/c1-33(2)25(36)20-11-8-18(16-22(20)28)17-6-9-19(10-7-17)34-12-14-35(15-13-34)26(37)24-21(27(30,31)32)4-3-5-23(24)29/h3-11,16H,12-15H2,1-2H3. The van der Waals surface area contributed by atoms with Crippen molar-refractivity contribution in [3.05, 3.63) is 88.2 Å². The van der Waals surface area contributed by atoms with Gasteiger partial charge in [-0.25, -0.2) is 8.78 Å². The van der Waals surface area contributed by atoms with Gasteiger partial charge in [0.25, 0.3) is 11.8 Å². The number of alkyl halides is 3. The average molecular weight is 750 g/mol. The molecule has 0 saturated carbocycles. The second-order valence-electron chi connectivity index (χ2n) is 8.88. The lowest BCUT2D eigenvalue weighted by Gasteiger charge is -2.36. The Morgan fingerprint density at radius 3 is 2.14 bits per heavy atom. The normalized spacial score (nSPS) is 14.0. The van der Waals surface area contributed by atoms with Crippen molar-refractivity contribution in [1.29, 1.82) is 0 Å². The summed E-state index contributed by atoms with van der Waals surface area (Å²) in [5.41, 5.74) is 3.14. The molecule has 5 nitrogen and oxygen atoms in total. The van der Waals surface area contributed by atoms with E-state index in [9.17, 15) is 18.4 Å². The molecule has 0 aromatic heterocycles. The summed E-state index contributed by atoms with van der Waals surface area (Å²) in [7, 11) is 3.37. The number of piperazine rings is 1. The molecule has 1 saturated heterocycles. The van der Waals surface area contributed by atoms with Gasteiger partial charge in [0.2, 0.25) is 1.68 Å². The van der Waals surface area contributed by atoms with Crippen LogP contribution in [0.2, 0.25) is 5.02 Å². The first-order chi connectivity index (χ1) is 17.5. The van der Waals surface area contributed by atoms with Crippen molar-refractivity contribution in [3.63, 3.8) is 0 Å². The highest BCUT2D eigenvalue weighted by Gasteiger charge is 2.34. The number of rotatable bonds is 5. The van der Waals surface area contributed by atoms with E-state index in [1.807, 2.05) is 30.3 Å². The van der Waals surface area contributed by atoms with Crippen molar-refractivity contribution in [2.24, 2.45) is 0 Å². The fourth-order valence-electron chi connectivity index (χ4n) is 4.28. The van der Waals surface area contributed by atoms with E-state index in [-0.39, 0.29) is 17.0 Å². The molecule has 194 valence electrons. The maximum absolute atomic E-state index is 14.6. The molecule has 0 unspecified atom stereocenters. The Labute approximate surface area is 247 Å². The molecule has 0 aliphatic carbocycles. The Kier molecular flexibility index (Phi) is 8.64. The predicted molar refractivity (Wildman–Crippen MR) is 160 cm³/mol. The van der Waals surface area contributed by atoms with E-state index in [2.05, 4.69) is 4.90 Å². The third kappa shape index (κ3) is 6.19. The monoisotopic (exact) mass is 749 g/mol. The van der Waals surface area contributed by atoms with Gasteiger partial charge in [0, 0.05) is 51.5 Å². The average Bonchev–Trinajstić information content (AvgIpc) is 2.87. The number of anilines is 1. The molecular weight excluding hydrogens is 726 g/mol. The number of carbonyl (C=O) groups is 2. The molecule has 1 heterocycles. The van der Waals surface area contributed by atoms with Crippen molar-refractivity contribution >= 4 is 74.3 Å². The third-order valence-electron chi connectivity index (χ3n) is 6.27. The Morgan fingerprint density at radius 1 is 0.946 bits per heavy atom. The molecule has 0 spiro atoms.